The Balaban J connectivity index is 1.43. The van der Waals surface area contributed by atoms with Crippen LogP contribution in [-0.4, -0.2) is 50.3 Å². The molecule has 2 heterocycles. The minimum absolute atomic E-state index is 0.206. The second kappa shape index (κ2) is 17.3. The van der Waals surface area contributed by atoms with Gasteiger partial charge in [0.25, 0.3) is 0 Å². The molecular formula is C44H48N2O8. The molecule has 0 spiro atoms. The van der Waals surface area contributed by atoms with Crippen LogP contribution >= 0.6 is 0 Å². The fraction of sp³-hybridized carbons (Fsp3) is 0.318. The van der Waals surface area contributed by atoms with Gasteiger partial charge in [-0.15, -0.1) is 0 Å². The lowest BCUT2D eigenvalue weighted by atomic mass is 9.80. The molecule has 10 nitrogen and oxygen atoms in total. The molecule has 0 atom stereocenters. The highest BCUT2D eigenvalue weighted by atomic mass is 16.5. The van der Waals surface area contributed by atoms with E-state index in [0.717, 1.165) is 33.4 Å². The van der Waals surface area contributed by atoms with Gasteiger partial charge < -0.3 is 29.6 Å². The van der Waals surface area contributed by atoms with Crippen molar-refractivity contribution in [3.63, 3.8) is 0 Å². The summed E-state index contributed by atoms with van der Waals surface area (Å²) in [5, 5.41) is 6.35. The molecule has 3 aromatic carbocycles. The van der Waals surface area contributed by atoms with Gasteiger partial charge in [-0.1, -0.05) is 72.8 Å². The highest BCUT2D eigenvalue weighted by Crippen LogP contribution is 2.41. The fourth-order valence-electron chi connectivity index (χ4n) is 7.16. The number of hydrogen-bond acceptors (Lipinski definition) is 10. The third kappa shape index (κ3) is 8.02. The zero-order valence-corrected chi connectivity index (χ0v) is 32.2. The Bertz CT molecular complexity index is 1820. The van der Waals surface area contributed by atoms with Crippen LogP contribution in [0.3, 0.4) is 0 Å². The molecule has 0 saturated heterocycles. The van der Waals surface area contributed by atoms with Gasteiger partial charge in [0, 0.05) is 22.8 Å². The van der Waals surface area contributed by atoms with Crippen LogP contribution in [0.5, 0.6) is 0 Å². The Kier molecular flexibility index (Phi) is 12.6. The van der Waals surface area contributed by atoms with Gasteiger partial charge in [-0.05, 0) is 88.8 Å². The highest BCUT2D eigenvalue weighted by molar-refractivity contribution is 6.01. The summed E-state index contributed by atoms with van der Waals surface area (Å²) in [7, 11) is 0. The van der Waals surface area contributed by atoms with Gasteiger partial charge in [0.05, 0.1) is 60.6 Å². The molecule has 0 fully saturated rings. The smallest absolute Gasteiger partial charge is 0.336 e. The number of carbonyl (C=O) groups is 4. The lowest BCUT2D eigenvalue weighted by Crippen LogP contribution is -2.32. The summed E-state index contributed by atoms with van der Waals surface area (Å²) in [6.07, 6.45) is 0. The van der Waals surface area contributed by atoms with Crippen molar-refractivity contribution in [2.24, 2.45) is 0 Å². The molecule has 0 saturated carbocycles. The van der Waals surface area contributed by atoms with Crippen LogP contribution in [0.15, 0.2) is 118 Å². The van der Waals surface area contributed by atoms with Crippen molar-refractivity contribution >= 4 is 23.9 Å². The van der Waals surface area contributed by atoms with Crippen molar-refractivity contribution in [3.05, 3.63) is 129 Å². The molecule has 5 rings (SSSR count). The molecule has 0 radical (unpaired) electrons. The van der Waals surface area contributed by atoms with Crippen molar-refractivity contribution in [1.82, 2.24) is 10.6 Å². The molecule has 2 aliphatic rings. The van der Waals surface area contributed by atoms with E-state index in [1.165, 1.54) is 0 Å². The van der Waals surface area contributed by atoms with E-state index in [-0.39, 0.29) is 26.4 Å². The van der Waals surface area contributed by atoms with E-state index in [4.69, 9.17) is 18.9 Å². The fourth-order valence-corrected chi connectivity index (χ4v) is 7.16. The van der Waals surface area contributed by atoms with E-state index >= 15 is 0 Å². The Labute approximate surface area is 316 Å². The third-order valence-corrected chi connectivity index (χ3v) is 9.54. The van der Waals surface area contributed by atoms with Gasteiger partial charge in [0.15, 0.2) is 0 Å². The first kappa shape index (κ1) is 39.3. The van der Waals surface area contributed by atoms with E-state index in [9.17, 15) is 19.2 Å². The van der Waals surface area contributed by atoms with Crippen LogP contribution in [0, 0.1) is 0 Å². The maximum absolute atomic E-state index is 13.2. The summed E-state index contributed by atoms with van der Waals surface area (Å²) in [5.41, 5.74) is 9.43. The average Bonchev–Trinajstić information content (AvgIpc) is 3.14. The van der Waals surface area contributed by atoms with Crippen LogP contribution in [-0.2, 0) is 38.1 Å². The largest absolute Gasteiger partial charge is 0.463 e. The molecule has 282 valence electrons. The molecule has 10 heteroatoms. The molecular weight excluding hydrogens is 684 g/mol. The SMILES string of the molecule is CCOC(=O)C1=C(C)NC(C)=C(C(=O)OCC)C1c1ccc(-c2ccc(-c3ccc(C4C(C(=O)OCC)=C(C)NC(C)=C4C(=O)OCC)cc3)cc2)cc1. The van der Waals surface area contributed by atoms with Crippen molar-refractivity contribution in [3.8, 4) is 22.3 Å². The highest BCUT2D eigenvalue weighted by Gasteiger charge is 2.39. The lowest BCUT2D eigenvalue weighted by Gasteiger charge is -2.30. The predicted molar refractivity (Wildman–Crippen MR) is 206 cm³/mol. The standard InChI is InChI=1S/C44H48N2O8/c1-9-51-41(47)35-25(5)45-26(6)36(42(48)52-10-2)39(35)33-21-17-31(18-22-33)29-13-15-30(16-14-29)32-19-23-34(24-20-32)40-37(43(49)53-11-3)27(7)46-28(8)38(40)44(50)54-12-4/h13-24,39-40,45-46H,9-12H2,1-8H3. The van der Waals surface area contributed by atoms with E-state index in [2.05, 4.69) is 10.6 Å². The minimum atomic E-state index is -0.658. The summed E-state index contributed by atoms with van der Waals surface area (Å²) in [6.45, 7) is 15.0. The topological polar surface area (TPSA) is 129 Å². The molecule has 0 unspecified atom stereocenters. The molecule has 2 N–H and O–H groups in total. The zero-order chi connectivity index (χ0) is 39.1. The first-order valence-corrected chi connectivity index (χ1v) is 18.3. The maximum atomic E-state index is 13.2. The van der Waals surface area contributed by atoms with Crippen molar-refractivity contribution in [1.29, 1.82) is 0 Å². The number of carbonyl (C=O) groups excluding carboxylic acids is 4. The number of dihydropyridines is 2. The Morgan fingerprint density at radius 3 is 0.815 bits per heavy atom. The monoisotopic (exact) mass is 732 g/mol. The summed E-state index contributed by atoms with van der Waals surface area (Å²) in [6, 6.07) is 23.8. The van der Waals surface area contributed by atoms with Gasteiger partial charge >= 0.3 is 23.9 Å². The molecule has 2 aliphatic heterocycles. The van der Waals surface area contributed by atoms with Crippen LogP contribution in [0.2, 0.25) is 0 Å². The summed E-state index contributed by atoms with van der Waals surface area (Å²) < 4.78 is 21.6. The van der Waals surface area contributed by atoms with Gasteiger partial charge in [-0.3, -0.25) is 0 Å². The Morgan fingerprint density at radius 2 is 0.611 bits per heavy atom. The number of hydrogen-bond donors (Lipinski definition) is 2. The molecule has 0 aliphatic carbocycles. The molecule has 0 amide bonds. The Hall–Kier alpha value is -5.90. The Morgan fingerprint density at radius 1 is 0.407 bits per heavy atom. The lowest BCUT2D eigenvalue weighted by molar-refractivity contribution is -0.141. The first-order valence-electron chi connectivity index (χ1n) is 18.3. The van der Waals surface area contributed by atoms with E-state index < -0.39 is 35.7 Å². The van der Waals surface area contributed by atoms with Gasteiger partial charge in [-0.25, -0.2) is 19.2 Å². The molecule has 3 aromatic rings. The summed E-state index contributed by atoms with van der Waals surface area (Å²) in [4.78, 5) is 52.7. The van der Waals surface area contributed by atoms with E-state index in [0.29, 0.717) is 45.1 Å². The summed E-state index contributed by atoms with van der Waals surface area (Å²) >= 11 is 0. The maximum Gasteiger partial charge on any atom is 0.336 e. The number of benzene rings is 3. The van der Waals surface area contributed by atoms with Gasteiger partial charge in [0.2, 0.25) is 0 Å². The van der Waals surface area contributed by atoms with E-state index in [1.54, 1.807) is 55.4 Å². The number of rotatable bonds is 12. The van der Waals surface area contributed by atoms with Crippen LogP contribution < -0.4 is 10.6 Å². The van der Waals surface area contributed by atoms with Crippen LogP contribution in [0.25, 0.3) is 22.3 Å². The average molecular weight is 733 g/mol. The zero-order valence-electron chi connectivity index (χ0n) is 32.2. The van der Waals surface area contributed by atoms with Crippen LogP contribution in [0.1, 0.15) is 78.4 Å². The normalized spacial score (nSPS) is 15.1. The predicted octanol–water partition coefficient (Wildman–Crippen LogP) is 7.74. The number of esters is 4. The minimum Gasteiger partial charge on any atom is -0.463 e. The van der Waals surface area contributed by atoms with Crippen molar-refractivity contribution in [2.75, 3.05) is 26.4 Å². The van der Waals surface area contributed by atoms with Crippen molar-refractivity contribution < 1.29 is 38.1 Å². The van der Waals surface area contributed by atoms with Gasteiger partial charge in [0.1, 0.15) is 0 Å². The first-order chi connectivity index (χ1) is 25.9. The van der Waals surface area contributed by atoms with Crippen molar-refractivity contribution in [2.45, 2.75) is 67.2 Å². The number of ether oxygens (including phenoxy) is 4. The quantitative estimate of drug-likeness (QED) is 0.141. The van der Waals surface area contributed by atoms with Crippen LogP contribution in [0.4, 0.5) is 0 Å². The second-order valence-electron chi connectivity index (χ2n) is 13.0. The molecule has 0 bridgehead atoms. The summed E-state index contributed by atoms with van der Waals surface area (Å²) in [5.74, 6) is -3.25. The van der Waals surface area contributed by atoms with E-state index in [1.807, 2.05) is 72.8 Å². The number of allylic oxidation sites excluding steroid dienone is 4. The number of nitrogens with one attached hydrogen (secondary N) is 2. The molecule has 0 aromatic heterocycles. The third-order valence-electron chi connectivity index (χ3n) is 9.54. The second-order valence-corrected chi connectivity index (χ2v) is 13.0. The molecule has 54 heavy (non-hydrogen) atoms. The van der Waals surface area contributed by atoms with Gasteiger partial charge in [-0.2, -0.15) is 0 Å².